The maximum Gasteiger partial charge on any atom is 0.133 e. The quantitative estimate of drug-likeness (QED) is 0.654. The first-order valence-electron chi connectivity index (χ1n) is 5.95. The predicted molar refractivity (Wildman–Crippen MR) is 74.3 cm³/mol. The molecule has 0 bridgehead atoms. The lowest BCUT2D eigenvalue weighted by Gasteiger charge is -2.22. The third-order valence-corrected chi connectivity index (χ3v) is 2.77. The van der Waals surface area contributed by atoms with Crippen molar-refractivity contribution >= 4 is 17.3 Å². The van der Waals surface area contributed by atoms with Gasteiger partial charge in [-0.15, -0.1) is 0 Å². The first-order valence-corrected chi connectivity index (χ1v) is 5.95. The van der Waals surface area contributed by atoms with E-state index in [1.807, 2.05) is 17.9 Å². The predicted octanol–water partition coefficient (Wildman–Crippen LogP) is 2.66. The summed E-state index contributed by atoms with van der Waals surface area (Å²) in [5, 5.41) is 7.44. The monoisotopic (exact) mass is 258 g/mol. The molecule has 98 valence electrons. The minimum absolute atomic E-state index is 0.0149. The van der Waals surface area contributed by atoms with Gasteiger partial charge in [-0.2, -0.15) is 0 Å². The maximum absolute atomic E-state index is 13.3. The maximum atomic E-state index is 13.3. The van der Waals surface area contributed by atoms with Gasteiger partial charge in [0.05, 0.1) is 0 Å². The van der Waals surface area contributed by atoms with Crippen molar-refractivity contribution in [1.29, 1.82) is 5.41 Å². The highest BCUT2D eigenvalue weighted by molar-refractivity contribution is 5.95. The average molecular weight is 258 g/mol. The lowest BCUT2D eigenvalue weighted by atomic mass is 10.2. The number of aromatic nitrogens is 1. The minimum atomic E-state index is -0.293. The fraction of sp³-hybridized carbons (Fsp3) is 0.143. The van der Waals surface area contributed by atoms with Crippen LogP contribution < -0.4 is 10.6 Å². The molecule has 0 saturated heterocycles. The van der Waals surface area contributed by atoms with Crippen LogP contribution in [-0.4, -0.2) is 17.4 Å². The molecule has 0 aliphatic rings. The van der Waals surface area contributed by atoms with Crippen molar-refractivity contribution in [3.8, 4) is 0 Å². The summed E-state index contributed by atoms with van der Waals surface area (Å²) in [5.41, 5.74) is 6.78. The molecule has 1 aromatic heterocycles. The molecule has 0 atom stereocenters. The van der Waals surface area contributed by atoms with Crippen LogP contribution in [0.1, 0.15) is 12.5 Å². The Morgan fingerprint density at radius 1 is 1.37 bits per heavy atom. The molecule has 2 aromatic rings. The van der Waals surface area contributed by atoms with Gasteiger partial charge in [0, 0.05) is 24.0 Å². The topological polar surface area (TPSA) is 66.0 Å². The Labute approximate surface area is 111 Å². The second kappa shape index (κ2) is 5.48. The van der Waals surface area contributed by atoms with Crippen LogP contribution in [0.2, 0.25) is 0 Å². The Morgan fingerprint density at radius 2 is 2.16 bits per heavy atom. The first kappa shape index (κ1) is 13.0. The van der Waals surface area contributed by atoms with Crippen molar-refractivity contribution in [1.82, 2.24) is 4.98 Å². The van der Waals surface area contributed by atoms with Crippen molar-refractivity contribution in [2.24, 2.45) is 5.73 Å². The molecular weight excluding hydrogens is 243 g/mol. The zero-order valence-corrected chi connectivity index (χ0v) is 10.6. The molecule has 0 radical (unpaired) electrons. The lowest BCUT2D eigenvalue weighted by Crippen LogP contribution is -2.19. The molecular formula is C14H15FN4. The Balaban J connectivity index is 2.42. The molecule has 2 rings (SSSR count). The smallest absolute Gasteiger partial charge is 0.133 e. The molecule has 1 aromatic carbocycles. The van der Waals surface area contributed by atoms with E-state index in [1.54, 1.807) is 24.4 Å². The van der Waals surface area contributed by atoms with Crippen molar-refractivity contribution in [3.05, 3.63) is 54.0 Å². The summed E-state index contributed by atoms with van der Waals surface area (Å²) in [4.78, 5) is 6.11. The van der Waals surface area contributed by atoms with Crippen LogP contribution in [0.4, 0.5) is 15.9 Å². The molecule has 1 heterocycles. The molecule has 0 unspecified atom stereocenters. The molecule has 0 amide bonds. The number of amidine groups is 1. The summed E-state index contributed by atoms with van der Waals surface area (Å²) >= 11 is 0. The van der Waals surface area contributed by atoms with Gasteiger partial charge < -0.3 is 10.6 Å². The zero-order valence-electron chi connectivity index (χ0n) is 10.6. The van der Waals surface area contributed by atoms with Crippen LogP contribution >= 0.6 is 0 Å². The van der Waals surface area contributed by atoms with Gasteiger partial charge in [0.2, 0.25) is 0 Å². The number of pyridine rings is 1. The van der Waals surface area contributed by atoms with E-state index in [0.29, 0.717) is 17.9 Å². The van der Waals surface area contributed by atoms with E-state index in [4.69, 9.17) is 11.1 Å². The van der Waals surface area contributed by atoms with Crippen LogP contribution in [0, 0.1) is 11.2 Å². The third-order valence-electron chi connectivity index (χ3n) is 2.77. The van der Waals surface area contributed by atoms with Crippen molar-refractivity contribution in [2.75, 3.05) is 11.4 Å². The van der Waals surface area contributed by atoms with Crippen molar-refractivity contribution in [3.63, 3.8) is 0 Å². The fourth-order valence-electron chi connectivity index (χ4n) is 1.85. The number of benzene rings is 1. The number of nitrogens with two attached hydrogens (primary N) is 1. The van der Waals surface area contributed by atoms with Gasteiger partial charge in [-0.1, -0.05) is 6.07 Å². The van der Waals surface area contributed by atoms with Crippen LogP contribution in [0.3, 0.4) is 0 Å². The molecule has 4 nitrogen and oxygen atoms in total. The molecule has 0 aliphatic heterocycles. The SMILES string of the molecule is CCN(c1cccc(F)c1)c1cc(C(=N)N)ccn1. The lowest BCUT2D eigenvalue weighted by molar-refractivity contribution is 0.627. The van der Waals surface area contributed by atoms with Gasteiger partial charge >= 0.3 is 0 Å². The molecule has 0 spiro atoms. The van der Waals surface area contributed by atoms with Crippen LogP contribution in [0.25, 0.3) is 0 Å². The van der Waals surface area contributed by atoms with E-state index in [2.05, 4.69) is 4.98 Å². The fourth-order valence-corrected chi connectivity index (χ4v) is 1.85. The van der Waals surface area contributed by atoms with E-state index in [0.717, 1.165) is 5.69 Å². The second-order valence-electron chi connectivity index (χ2n) is 4.04. The Bertz CT molecular complexity index is 598. The van der Waals surface area contributed by atoms with Gasteiger partial charge in [0.25, 0.3) is 0 Å². The van der Waals surface area contributed by atoms with E-state index < -0.39 is 0 Å². The van der Waals surface area contributed by atoms with Crippen molar-refractivity contribution in [2.45, 2.75) is 6.92 Å². The van der Waals surface area contributed by atoms with Gasteiger partial charge in [0.15, 0.2) is 0 Å². The average Bonchev–Trinajstić information content (AvgIpc) is 2.40. The number of nitrogens with zero attached hydrogens (tertiary/aromatic N) is 2. The van der Waals surface area contributed by atoms with Gasteiger partial charge in [-0.25, -0.2) is 9.37 Å². The largest absolute Gasteiger partial charge is 0.384 e. The second-order valence-corrected chi connectivity index (χ2v) is 4.04. The standard InChI is InChI=1S/C14H15FN4/c1-2-19(12-5-3-4-11(15)9-12)13-8-10(14(16)17)6-7-18-13/h3-9H,2H2,1H3,(H3,16,17). The highest BCUT2D eigenvalue weighted by atomic mass is 19.1. The highest BCUT2D eigenvalue weighted by Crippen LogP contribution is 2.24. The summed E-state index contributed by atoms with van der Waals surface area (Å²) in [5.74, 6) is 0.332. The van der Waals surface area contributed by atoms with E-state index in [9.17, 15) is 4.39 Å². The molecule has 0 aliphatic carbocycles. The Hall–Kier alpha value is -2.43. The van der Waals surface area contributed by atoms with E-state index in [-0.39, 0.29) is 11.7 Å². The van der Waals surface area contributed by atoms with E-state index >= 15 is 0 Å². The highest BCUT2D eigenvalue weighted by Gasteiger charge is 2.10. The van der Waals surface area contributed by atoms with E-state index in [1.165, 1.54) is 12.1 Å². The number of anilines is 2. The number of rotatable bonds is 4. The van der Waals surface area contributed by atoms with Crippen molar-refractivity contribution < 1.29 is 4.39 Å². The van der Waals surface area contributed by atoms with Gasteiger partial charge in [0.1, 0.15) is 17.5 Å². The van der Waals surface area contributed by atoms with Gasteiger partial charge in [-0.05, 0) is 37.3 Å². The normalized spacial score (nSPS) is 10.2. The summed E-state index contributed by atoms with van der Waals surface area (Å²) < 4.78 is 13.3. The zero-order chi connectivity index (χ0) is 13.8. The molecule has 5 heteroatoms. The Morgan fingerprint density at radius 3 is 2.79 bits per heavy atom. The van der Waals surface area contributed by atoms with Crippen LogP contribution in [-0.2, 0) is 0 Å². The molecule has 0 saturated carbocycles. The summed E-state index contributed by atoms with van der Waals surface area (Å²) in [6, 6.07) is 9.71. The molecule has 0 fully saturated rings. The number of nitrogens with one attached hydrogen (secondary N) is 1. The summed E-state index contributed by atoms with van der Waals surface area (Å²) in [6.07, 6.45) is 1.59. The molecule has 19 heavy (non-hydrogen) atoms. The first-order chi connectivity index (χ1) is 9.11. The summed E-state index contributed by atoms with van der Waals surface area (Å²) in [7, 11) is 0. The Kier molecular flexibility index (Phi) is 3.75. The number of nitrogen functional groups attached to an aromatic ring is 1. The summed E-state index contributed by atoms with van der Waals surface area (Å²) in [6.45, 7) is 2.59. The number of hydrogen-bond acceptors (Lipinski definition) is 3. The van der Waals surface area contributed by atoms with Crippen LogP contribution in [0.5, 0.6) is 0 Å². The molecule has 3 N–H and O–H groups in total. The minimum Gasteiger partial charge on any atom is -0.384 e. The number of halogens is 1. The third kappa shape index (κ3) is 2.88. The van der Waals surface area contributed by atoms with Crippen LogP contribution in [0.15, 0.2) is 42.6 Å². The number of hydrogen-bond donors (Lipinski definition) is 2. The van der Waals surface area contributed by atoms with Gasteiger partial charge in [-0.3, -0.25) is 5.41 Å².